The molecule has 1 aliphatic heterocycles. The number of nitrogens with zero attached hydrogens (tertiary/aromatic N) is 3. The molecule has 29 heavy (non-hydrogen) atoms. The minimum Gasteiger partial charge on any atom is -0.323 e. The largest absolute Gasteiger partial charge is 0.323 e. The minimum absolute atomic E-state index is 0.0305. The molecular weight excluding hydrogens is 428 g/mol. The first kappa shape index (κ1) is 19.8. The van der Waals surface area contributed by atoms with Crippen LogP contribution in [0.3, 0.4) is 0 Å². The summed E-state index contributed by atoms with van der Waals surface area (Å²) in [5.74, 6) is -6.85. The van der Waals surface area contributed by atoms with Crippen LogP contribution in [0.1, 0.15) is 22.9 Å². The van der Waals surface area contributed by atoms with Gasteiger partial charge in [-0.05, 0) is 18.6 Å². The molecule has 0 spiro atoms. The van der Waals surface area contributed by atoms with Crippen molar-refractivity contribution in [1.29, 1.82) is 0 Å². The van der Waals surface area contributed by atoms with Crippen LogP contribution in [0.25, 0.3) is 0 Å². The van der Waals surface area contributed by atoms with Crippen LogP contribution in [0.2, 0.25) is 0 Å². The number of halogens is 4. The Morgan fingerprint density at radius 2 is 2.00 bits per heavy atom. The lowest BCUT2D eigenvalue weighted by molar-refractivity contribution is -0.115. The number of rotatable bonds is 4. The zero-order chi connectivity index (χ0) is 20.9. The van der Waals surface area contributed by atoms with Crippen molar-refractivity contribution in [2.75, 3.05) is 5.32 Å². The summed E-state index contributed by atoms with van der Waals surface area (Å²) in [6.07, 6.45) is 1.63. The number of aromatic nitrogens is 3. The second-order valence-electron chi connectivity index (χ2n) is 6.69. The fraction of sp³-hybridized carbons (Fsp3) is 0.278. The number of imidazole rings is 1. The van der Waals surface area contributed by atoms with Crippen molar-refractivity contribution in [3.8, 4) is 0 Å². The molecule has 3 aromatic rings. The predicted molar refractivity (Wildman–Crippen MR) is 101 cm³/mol. The van der Waals surface area contributed by atoms with Gasteiger partial charge in [0.25, 0.3) is 0 Å². The summed E-state index contributed by atoms with van der Waals surface area (Å²) in [5, 5.41) is 4.84. The Balaban J connectivity index is 1.65. The van der Waals surface area contributed by atoms with Gasteiger partial charge in [-0.2, -0.15) is 0 Å². The van der Waals surface area contributed by atoms with Crippen LogP contribution in [0, 0.1) is 28.0 Å². The zero-order valence-corrected chi connectivity index (χ0v) is 16.6. The monoisotopic (exact) mass is 442 g/mol. The third-order valence-electron chi connectivity index (χ3n) is 4.99. The number of hydrogen-bond acceptors (Lipinski definition) is 4. The van der Waals surface area contributed by atoms with Crippen LogP contribution in [0.5, 0.6) is 0 Å². The second kappa shape index (κ2) is 7.38. The summed E-state index contributed by atoms with van der Waals surface area (Å²) in [6.45, 7) is 0.0623. The molecule has 11 heteroatoms. The first-order valence-corrected chi connectivity index (χ1v) is 9.86. The number of amides is 1. The van der Waals surface area contributed by atoms with Crippen molar-refractivity contribution in [1.82, 2.24) is 14.1 Å². The highest BCUT2D eigenvalue weighted by Crippen LogP contribution is 2.36. The predicted octanol–water partition coefficient (Wildman–Crippen LogP) is 4.09. The van der Waals surface area contributed by atoms with Gasteiger partial charge in [-0.25, -0.2) is 22.5 Å². The highest BCUT2D eigenvalue weighted by molar-refractivity contribution is 7.71. The van der Waals surface area contributed by atoms with Crippen LogP contribution >= 0.6 is 23.6 Å². The molecule has 1 aliphatic rings. The van der Waals surface area contributed by atoms with Gasteiger partial charge in [0.15, 0.2) is 33.2 Å². The molecule has 1 aromatic carbocycles. The van der Waals surface area contributed by atoms with E-state index in [0.717, 1.165) is 0 Å². The maximum atomic E-state index is 14.2. The van der Waals surface area contributed by atoms with Gasteiger partial charge in [0.1, 0.15) is 0 Å². The quantitative estimate of drug-likeness (QED) is 0.376. The van der Waals surface area contributed by atoms with E-state index in [4.69, 9.17) is 12.2 Å². The average molecular weight is 442 g/mol. The first-order chi connectivity index (χ1) is 13.8. The molecule has 2 aromatic heterocycles. The average Bonchev–Trinajstić information content (AvgIpc) is 3.37. The maximum Gasteiger partial charge on any atom is 0.232 e. The fourth-order valence-electron chi connectivity index (χ4n) is 3.66. The molecule has 1 atom stereocenters. The molecule has 3 heterocycles. The zero-order valence-electron chi connectivity index (χ0n) is 15.0. The number of anilines is 1. The van der Waals surface area contributed by atoms with Gasteiger partial charge in [0.2, 0.25) is 5.91 Å². The summed E-state index contributed by atoms with van der Waals surface area (Å²) >= 11 is 6.65. The van der Waals surface area contributed by atoms with Gasteiger partial charge >= 0.3 is 0 Å². The molecule has 4 rings (SSSR count). The Hall–Kier alpha value is -2.53. The fourth-order valence-corrected chi connectivity index (χ4v) is 4.50. The van der Waals surface area contributed by atoms with Crippen molar-refractivity contribution in [2.45, 2.75) is 25.3 Å². The molecule has 0 fully saturated rings. The van der Waals surface area contributed by atoms with E-state index in [0.29, 0.717) is 21.3 Å². The van der Waals surface area contributed by atoms with E-state index in [1.54, 1.807) is 27.8 Å². The maximum absolute atomic E-state index is 14.2. The number of thiazole rings is 1. The number of carbonyl (C=O) groups is 1. The van der Waals surface area contributed by atoms with Crippen LogP contribution < -0.4 is 5.32 Å². The SMILES string of the molecule is Cn1c(CC(=O)Nc2nccs2)c2n(c1=S)CC(c1c(F)c(F)cc(F)c1F)C2. The molecule has 0 saturated carbocycles. The van der Waals surface area contributed by atoms with Crippen molar-refractivity contribution < 1.29 is 22.4 Å². The van der Waals surface area contributed by atoms with E-state index in [-0.39, 0.29) is 31.4 Å². The van der Waals surface area contributed by atoms with Crippen LogP contribution in [-0.4, -0.2) is 20.0 Å². The van der Waals surface area contributed by atoms with Crippen molar-refractivity contribution >= 4 is 34.6 Å². The third kappa shape index (κ3) is 3.38. The smallest absolute Gasteiger partial charge is 0.232 e. The van der Waals surface area contributed by atoms with Gasteiger partial charge in [0.05, 0.1) is 6.42 Å². The van der Waals surface area contributed by atoms with E-state index in [1.807, 2.05) is 0 Å². The molecule has 1 amide bonds. The Kier molecular flexibility index (Phi) is 5.03. The Morgan fingerprint density at radius 3 is 2.62 bits per heavy atom. The molecule has 0 aliphatic carbocycles. The highest BCUT2D eigenvalue weighted by atomic mass is 32.1. The molecular formula is C18H14F4N4OS2. The summed E-state index contributed by atoms with van der Waals surface area (Å²) in [7, 11) is 1.69. The molecule has 152 valence electrons. The van der Waals surface area contributed by atoms with Gasteiger partial charge in [-0.3, -0.25) is 4.79 Å². The van der Waals surface area contributed by atoms with E-state index < -0.39 is 34.8 Å². The summed E-state index contributed by atoms with van der Waals surface area (Å²) in [4.78, 5) is 16.4. The third-order valence-corrected chi connectivity index (χ3v) is 6.17. The van der Waals surface area contributed by atoms with Gasteiger partial charge in [-0.1, -0.05) is 0 Å². The molecule has 1 unspecified atom stereocenters. The topological polar surface area (TPSA) is 51.9 Å². The molecule has 0 bridgehead atoms. The van der Waals surface area contributed by atoms with Gasteiger partial charge < -0.3 is 14.5 Å². The van der Waals surface area contributed by atoms with E-state index in [2.05, 4.69) is 10.3 Å². The standard InChI is InChI=1S/C18H14F4N4OS2/c1-25-11(6-13(27)24-17-23-2-3-29-17)12-4-8(7-26(12)18(25)28)14-15(21)9(19)5-10(20)16(14)22/h2-3,5,8H,4,6-7H2,1H3,(H,23,24,27). The lowest BCUT2D eigenvalue weighted by Gasteiger charge is -2.14. The van der Waals surface area contributed by atoms with E-state index in [9.17, 15) is 22.4 Å². The Labute approximate surface area is 171 Å². The van der Waals surface area contributed by atoms with E-state index in [1.165, 1.54) is 11.3 Å². The number of fused-ring (bicyclic) bond motifs is 1. The van der Waals surface area contributed by atoms with Gasteiger partial charge in [-0.15, -0.1) is 11.3 Å². The lowest BCUT2D eigenvalue weighted by Crippen LogP contribution is -2.17. The van der Waals surface area contributed by atoms with Crippen molar-refractivity contribution in [3.05, 3.63) is 62.6 Å². The molecule has 0 radical (unpaired) electrons. The normalized spacial score (nSPS) is 15.6. The van der Waals surface area contributed by atoms with Crippen molar-refractivity contribution in [2.24, 2.45) is 7.05 Å². The second-order valence-corrected chi connectivity index (χ2v) is 7.95. The van der Waals surface area contributed by atoms with Crippen LogP contribution in [0.4, 0.5) is 22.7 Å². The summed E-state index contributed by atoms with van der Waals surface area (Å²) < 4.78 is 59.4. The first-order valence-electron chi connectivity index (χ1n) is 8.57. The number of hydrogen-bond donors (Lipinski definition) is 1. The Bertz CT molecular complexity index is 1140. The molecule has 5 nitrogen and oxygen atoms in total. The Morgan fingerprint density at radius 1 is 1.31 bits per heavy atom. The van der Waals surface area contributed by atoms with E-state index >= 15 is 0 Å². The number of benzene rings is 1. The minimum atomic E-state index is -1.44. The van der Waals surface area contributed by atoms with Crippen molar-refractivity contribution in [3.63, 3.8) is 0 Å². The molecule has 1 N–H and O–H groups in total. The van der Waals surface area contributed by atoms with Gasteiger partial charge in [0, 0.05) is 54.1 Å². The number of nitrogens with one attached hydrogen (secondary N) is 1. The highest BCUT2D eigenvalue weighted by Gasteiger charge is 2.34. The lowest BCUT2D eigenvalue weighted by atomic mass is 9.94. The number of carbonyl (C=O) groups excluding carboxylic acids is 1. The van der Waals surface area contributed by atoms with Crippen LogP contribution in [-0.2, 0) is 31.2 Å². The van der Waals surface area contributed by atoms with Crippen LogP contribution in [0.15, 0.2) is 17.6 Å². The summed E-state index contributed by atoms with van der Waals surface area (Å²) in [6, 6.07) is 0.191. The summed E-state index contributed by atoms with van der Waals surface area (Å²) in [5.41, 5.74) is 0.547. The molecule has 0 saturated heterocycles.